The molecule has 0 saturated heterocycles. The van der Waals surface area contributed by atoms with E-state index in [9.17, 15) is 13.2 Å². The lowest BCUT2D eigenvalue weighted by molar-refractivity contribution is -0.136. The highest BCUT2D eigenvalue weighted by molar-refractivity contribution is 7.90. The van der Waals surface area contributed by atoms with E-state index in [1.165, 1.54) is 11.2 Å². The third kappa shape index (κ3) is 2.06. The molecule has 82 valence electrons. The van der Waals surface area contributed by atoms with E-state index >= 15 is 0 Å². The molecule has 0 bridgehead atoms. The molecule has 14 heavy (non-hydrogen) atoms. The molecule has 1 rings (SSSR count). The number of carboxylic acids is 1. The van der Waals surface area contributed by atoms with Crippen LogP contribution in [0.2, 0.25) is 0 Å². The molecular weight excluding hydrogens is 206 g/mol. The number of aliphatic carboxylic acids is 1. The Bertz CT molecular complexity index is 320. The van der Waals surface area contributed by atoms with Crippen LogP contribution in [-0.2, 0) is 14.8 Å². The molecule has 1 fully saturated rings. The number of nitrogens with zero attached hydrogens (tertiary/aromatic N) is 1. The zero-order chi connectivity index (χ0) is 10.9. The summed E-state index contributed by atoms with van der Waals surface area (Å²) >= 11 is 0. The molecule has 1 aliphatic carbocycles. The fourth-order valence-corrected chi connectivity index (χ4v) is 2.99. The number of carboxylic acid groups (broad SMARTS) is 1. The Morgan fingerprint density at radius 2 is 2.07 bits per heavy atom. The maximum Gasteiger partial charge on any atom is 0.323 e. The summed E-state index contributed by atoms with van der Waals surface area (Å²) in [6, 6.07) is 0.0341. The molecule has 5 nitrogen and oxygen atoms in total. The quantitative estimate of drug-likeness (QED) is 0.723. The highest BCUT2D eigenvalue weighted by Crippen LogP contribution is 2.30. The number of hydrogen-bond donors (Lipinski definition) is 1. The van der Waals surface area contributed by atoms with Crippen LogP contribution in [0.3, 0.4) is 0 Å². The van der Waals surface area contributed by atoms with E-state index in [2.05, 4.69) is 0 Å². The van der Waals surface area contributed by atoms with Gasteiger partial charge in [0.25, 0.3) is 0 Å². The molecule has 0 aromatic heterocycles. The third-order valence-corrected chi connectivity index (χ3v) is 4.69. The second kappa shape index (κ2) is 3.86. The summed E-state index contributed by atoms with van der Waals surface area (Å²) in [5.74, 6) is -1.29. The minimum absolute atomic E-state index is 0.0341. The third-order valence-electron chi connectivity index (χ3n) is 2.39. The van der Waals surface area contributed by atoms with E-state index in [1.54, 1.807) is 6.92 Å². The molecule has 1 saturated carbocycles. The smallest absolute Gasteiger partial charge is 0.323 e. The van der Waals surface area contributed by atoms with Gasteiger partial charge in [-0.25, -0.2) is 8.42 Å². The van der Waals surface area contributed by atoms with Crippen molar-refractivity contribution < 1.29 is 18.3 Å². The van der Waals surface area contributed by atoms with Crippen LogP contribution in [0.15, 0.2) is 0 Å². The molecular formula is C8H15NO4S. The zero-order valence-corrected chi connectivity index (χ0v) is 9.12. The molecule has 0 heterocycles. The Morgan fingerprint density at radius 3 is 2.36 bits per heavy atom. The Hall–Kier alpha value is -0.620. The second-order valence-corrected chi connectivity index (χ2v) is 5.67. The molecule has 0 spiro atoms. The van der Waals surface area contributed by atoms with Gasteiger partial charge in [0.2, 0.25) is 10.0 Å². The monoisotopic (exact) mass is 221 g/mol. The number of hydrogen-bond acceptors (Lipinski definition) is 3. The first-order valence-corrected chi connectivity index (χ1v) is 6.15. The lowest BCUT2D eigenvalue weighted by Gasteiger charge is -2.22. The SMILES string of the molecule is CCN(C1CC1)S(=O)(=O)C(C)C(=O)O. The van der Waals surface area contributed by atoms with Crippen molar-refractivity contribution in [2.24, 2.45) is 0 Å². The lowest BCUT2D eigenvalue weighted by Crippen LogP contribution is -2.42. The van der Waals surface area contributed by atoms with Crippen molar-refractivity contribution in [3.05, 3.63) is 0 Å². The molecule has 0 aromatic carbocycles. The zero-order valence-electron chi connectivity index (χ0n) is 8.30. The first kappa shape index (κ1) is 11.5. The average molecular weight is 221 g/mol. The van der Waals surface area contributed by atoms with Gasteiger partial charge in [0, 0.05) is 12.6 Å². The van der Waals surface area contributed by atoms with Crippen LogP contribution in [0.5, 0.6) is 0 Å². The van der Waals surface area contributed by atoms with Crippen molar-refractivity contribution in [3.63, 3.8) is 0 Å². The number of rotatable bonds is 5. The highest BCUT2D eigenvalue weighted by atomic mass is 32.2. The van der Waals surface area contributed by atoms with E-state index < -0.39 is 21.2 Å². The Labute approximate surface area is 83.8 Å². The summed E-state index contributed by atoms with van der Waals surface area (Å²) in [5, 5.41) is 7.31. The number of carbonyl (C=O) groups is 1. The number of sulfonamides is 1. The molecule has 1 unspecified atom stereocenters. The molecule has 1 atom stereocenters. The van der Waals surface area contributed by atoms with Gasteiger partial charge in [0.1, 0.15) is 0 Å². The summed E-state index contributed by atoms with van der Waals surface area (Å²) < 4.78 is 24.8. The Balaban J connectivity index is 2.86. The minimum atomic E-state index is -3.65. The van der Waals surface area contributed by atoms with Gasteiger partial charge >= 0.3 is 5.97 Å². The van der Waals surface area contributed by atoms with Gasteiger partial charge in [-0.15, -0.1) is 0 Å². The first-order valence-electron chi connectivity index (χ1n) is 4.64. The van der Waals surface area contributed by atoms with Crippen LogP contribution in [0.4, 0.5) is 0 Å². The molecule has 0 aliphatic heterocycles. The average Bonchev–Trinajstić information content (AvgIpc) is 2.87. The first-order chi connectivity index (χ1) is 6.41. The molecule has 6 heteroatoms. The Kier molecular flexibility index (Phi) is 3.16. The van der Waals surface area contributed by atoms with Crippen molar-refractivity contribution in [1.82, 2.24) is 4.31 Å². The Morgan fingerprint density at radius 1 is 1.57 bits per heavy atom. The summed E-state index contributed by atoms with van der Waals surface area (Å²) in [4.78, 5) is 10.6. The van der Waals surface area contributed by atoms with Gasteiger partial charge in [-0.3, -0.25) is 4.79 Å². The van der Waals surface area contributed by atoms with Crippen molar-refractivity contribution in [2.75, 3.05) is 6.54 Å². The van der Waals surface area contributed by atoms with Crippen molar-refractivity contribution in [3.8, 4) is 0 Å². The van der Waals surface area contributed by atoms with E-state index in [4.69, 9.17) is 5.11 Å². The van der Waals surface area contributed by atoms with Crippen LogP contribution >= 0.6 is 0 Å². The maximum absolute atomic E-state index is 11.7. The standard InChI is InChI=1S/C8H15NO4S/c1-3-9(7-4-5-7)14(12,13)6(2)8(10)11/h6-7H,3-5H2,1-2H3,(H,10,11). The molecule has 0 radical (unpaired) electrons. The summed E-state index contributed by atoms with van der Waals surface area (Å²) in [5.41, 5.74) is 0. The predicted molar refractivity (Wildman–Crippen MR) is 51.4 cm³/mol. The topological polar surface area (TPSA) is 74.7 Å². The summed E-state index contributed by atoms with van der Waals surface area (Å²) in [6.07, 6.45) is 1.69. The molecule has 1 N–H and O–H groups in total. The van der Waals surface area contributed by atoms with Crippen LogP contribution in [0.25, 0.3) is 0 Å². The summed E-state index contributed by atoms with van der Waals surface area (Å²) in [6.45, 7) is 3.29. The van der Waals surface area contributed by atoms with Crippen molar-refractivity contribution in [1.29, 1.82) is 0 Å². The largest absolute Gasteiger partial charge is 0.480 e. The van der Waals surface area contributed by atoms with Gasteiger partial charge < -0.3 is 5.11 Å². The molecule has 0 aromatic rings. The molecule has 0 amide bonds. The second-order valence-electron chi connectivity index (χ2n) is 3.46. The van der Waals surface area contributed by atoms with Crippen molar-refractivity contribution >= 4 is 16.0 Å². The van der Waals surface area contributed by atoms with Gasteiger partial charge in [0.05, 0.1) is 0 Å². The van der Waals surface area contributed by atoms with Crippen LogP contribution in [0, 0.1) is 0 Å². The van der Waals surface area contributed by atoms with E-state index in [0.717, 1.165) is 12.8 Å². The highest BCUT2D eigenvalue weighted by Gasteiger charge is 2.41. The lowest BCUT2D eigenvalue weighted by atomic mass is 10.5. The van der Waals surface area contributed by atoms with Crippen LogP contribution < -0.4 is 0 Å². The fourth-order valence-electron chi connectivity index (χ4n) is 1.34. The summed E-state index contributed by atoms with van der Waals surface area (Å²) in [7, 11) is -3.65. The van der Waals surface area contributed by atoms with Crippen molar-refractivity contribution in [2.45, 2.75) is 38.0 Å². The predicted octanol–water partition coefficient (Wildman–Crippen LogP) is 0.274. The van der Waals surface area contributed by atoms with E-state index in [1.807, 2.05) is 0 Å². The maximum atomic E-state index is 11.7. The van der Waals surface area contributed by atoms with Crippen LogP contribution in [0.1, 0.15) is 26.7 Å². The fraction of sp³-hybridized carbons (Fsp3) is 0.875. The van der Waals surface area contributed by atoms with E-state index in [-0.39, 0.29) is 6.04 Å². The van der Waals surface area contributed by atoms with Gasteiger partial charge in [-0.05, 0) is 19.8 Å². The van der Waals surface area contributed by atoms with Gasteiger partial charge in [-0.1, -0.05) is 6.92 Å². The van der Waals surface area contributed by atoms with E-state index in [0.29, 0.717) is 6.54 Å². The normalized spacial score (nSPS) is 19.6. The van der Waals surface area contributed by atoms with Gasteiger partial charge in [0.15, 0.2) is 5.25 Å². The van der Waals surface area contributed by atoms with Crippen LogP contribution in [-0.4, -0.2) is 41.6 Å². The van der Waals surface area contributed by atoms with Gasteiger partial charge in [-0.2, -0.15) is 4.31 Å². The minimum Gasteiger partial charge on any atom is -0.480 e. The molecule has 1 aliphatic rings.